The summed E-state index contributed by atoms with van der Waals surface area (Å²) in [4.78, 5) is 23.8. The second-order valence-corrected chi connectivity index (χ2v) is 6.43. The SMILES string of the molecule is C[C@@H](NCC(=O)NNC(=O)c1ccccc1Br)c1ccc(Cl)cc1. The van der Waals surface area contributed by atoms with Crippen molar-refractivity contribution in [3.05, 3.63) is 69.2 Å². The van der Waals surface area contributed by atoms with Crippen LogP contribution in [0.25, 0.3) is 0 Å². The Bertz CT molecular complexity index is 722. The third-order valence-electron chi connectivity index (χ3n) is 3.37. The second-order valence-electron chi connectivity index (χ2n) is 5.14. The van der Waals surface area contributed by atoms with Gasteiger partial charge in [0.25, 0.3) is 11.8 Å². The van der Waals surface area contributed by atoms with Crippen LogP contribution in [0, 0.1) is 0 Å². The minimum Gasteiger partial charge on any atom is -0.302 e. The third kappa shape index (κ3) is 5.33. The van der Waals surface area contributed by atoms with Gasteiger partial charge in [0, 0.05) is 15.5 Å². The van der Waals surface area contributed by atoms with Crippen molar-refractivity contribution in [1.82, 2.24) is 16.2 Å². The Kier molecular flexibility index (Phi) is 6.78. The summed E-state index contributed by atoms with van der Waals surface area (Å²) in [6.45, 7) is 2.01. The lowest BCUT2D eigenvalue weighted by Gasteiger charge is -2.14. The molecule has 0 aliphatic rings. The average Bonchev–Trinajstić information content (AvgIpc) is 2.58. The van der Waals surface area contributed by atoms with Crippen molar-refractivity contribution in [1.29, 1.82) is 0 Å². The van der Waals surface area contributed by atoms with E-state index in [4.69, 9.17) is 11.6 Å². The molecule has 3 N–H and O–H groups in total. The third-order valence-corrected chi connectivity index (χ3v) is 4.32. The Morgan fingerprint density at radius 3 is 2.42 bits per heavy atom. The predicted molar refractivity (Wildman–Crippen MR) is 97.6 cm³/mol. The molecule has 24 heavy (non-hydrogen) atoms. The van der Waals surface area contributed by atoms with Gasteiger partial charge in [0.15, 0.2) is 0 Å². The molecule has 0 spiro atoms. The number of amides is 2. The second kappa shape index (κ2) is 8.82. The van der Waals surface area contributed by atoms with Crippen LogP contribution in [0.1, 0.15) is 28.9 Å². The molecule has 0 heterocycles. The van der Waals surface area contributed by atoms with Gasteiger partial charge in [-0.1, -0.05) is 35.9 Å². The molecule has 126 valence electrons. The molecule has 2 aromatic carbocycles. The summed E-state index contributed by atoms with van der Waals surface area (Å²) in [5.41, 5.74) is 6.23. The standard InChI is InChI=1S/C17H17BrClN3O2/c1-11(12-6-8-13(19)9-7-12)20-10-16(23)21-22-17(24)14-4-2-3-5-15(14)18/h2-9,11,20H,10H2,1H3,(H,21,23)(H,22,24)/t11-/m1/s1. The fourth-order valence-electron chi connectivity index (χ4n) is 2.00. The van der Waals surface area contributed by atoms with Gasteiger partial charge in [-0.05, 0) is 52.7 Å². The topological polar surface area (TPSA) is 70.2 Å². The number of halogens is 2. The Morgan fingerprint density at radius 2 is 1.75 bits per heavy atom. The van der Waals surface area contributed by atoms with E-state index in [-0.39, 0.29) is 24.4 Å². The highest BCUT2D eigenvalue weighted by molar-refractivity contribution is 9.10. The van der Waals surface area contributed by atoms with Crippen molar-refractivity contribution in [3.63, 3.8) is 0 Å². The van der Waals surface area contributed by atoms with E-state index in [1.807, 2.05) is 25.1 Å². The van der Waals surface area contributed by atoms with Crippen LogP contribution in [0.2, 0.25) is 5.02 Å². The van der Waals surface area contributed by atoms with Crippen molar-refractivity contribution >= 4 is 39.3 Å². The zero-order chi connectivity index (χ0) is 17.5. The smallest absolute Gasteiger partial charge is 0.270 e. The lowest BCUT2D eigenvalue weighted by Crippen LogP contribution is -2.45. The highest BCUT2D eigenvalue weighted by Gasteiger charge is 2.11. The zero-order valence-corrected chi connectivity index (χ0v) is 15.3. The molecule has 2 amide bonds. The van der Waals surface area contributed by atoms with Crippen molar-refractivity contribution in [2.45, 2.75) is 13.0 Å². The Morgan fingerprint density at radius 1 is 1.08 bits per heavy atom. The van der Waals surface area contributed by atoms with Gasteiger partial charge >= 0.3 is 0 Å². The molecule has 7 heteroatoms. The molecular weight excluding hydrogens is 394 g/mol. The first-order chi connectivity index (χ1) is 11.5. The number of rotatable bonds is 5. The van der Waals surface area contributed by atoms with E-state index in [0.717, 1.165) is 5.56 Å². The number of carbonyl (C=O) groups is 2. The van der Waals surface area contributed by atoms with E-state index in [2.05, 4.69) is 32.1 Å². The summed E-state index contributed by atoms with van der Waals surface area (Å²) in [6.07, 6.45) is 0. The van der Waals surface area contributed by atoms with Gasteiger partial charge in [0.2, 0.25) is 0 Å². The first-order valence-electron chi connectivity index (χ1n) is 7.30. The predicted octanol–water partition coefficient (Wildman–Crippen LogP) is 3.21. The summed E-state index contributed by atoms with van der Waals surface area (Å²) in [5.74, 6) is -0.724. The highest BCUT2D eigenvalue weighted by Crippen LogP contribution is 2.16. The van der Waals surface area contributed by atoms with Crippen LogP contribution in [-0.2, 0) is 4.79 Å². The lowest BCUT2D eigenvalue weighted by atomic mass is 10.1. The first kappa shape index (κ1) is 18.4. The molecule has 2 aromatic rings. The number of hydrazine groups is 1. The van der Waals surface area contributed by atoms with E-state index >= 15 is 0 Å². The molecule has 0 saturated heterocycles. The van der Waals surface area contributed by atoms with Gasteiger partial charge in [0.1, 0.15) is 0 Å². The minimum atomic E-state index is -0.387. The van der Waals surface area contributed by atoms with Crippen LogP contribution in [-0.4, -0.2) is 18.4 Å². The number of nitrogens with one attached hydrogen (secondary N) is 3. The normalized spacial score (nSPS) is 11.6. The molecule has 1 atom stereocenters. The van der Waals surface area contributed by atoms with Crippen LogP contribution in [0.5, 0.6) is 0 Å². The highest BCUT2D eigenvalue weighted by atomic mass is 79.9. The zero-order valence-electron chi connectivity index (χ0n) is 13.0. The largest absolute Gasteiger partial charge is 0.302 e. The molecular formula is C17H17BrClN3O2. The quantitative estimate of drug-likeness (QED) is 0.663. The molecule has 0 aromatic heterocycles. The molecule has 0 aliphatic carbocycles. The average molecular weight is 411 g/mol. The van der Waals surface area contributed by atoms with Gasteiger partial charge < -0.3 is 5.32 Å². The van der Waals surface area contributed by atoms with Crippen molar-refractivity contribution in [2.75, 3.05) is 6.54 Å². The van der Waals surface area contributed by atoms with Gasteiger partial charge in [-0.25, -0.2) is 0 Å². The molecule has 0 bridgehead atoms. The summed E-state index contributed by atoms with van der Waals surface area (Å²) in [7, 11) is 0. The molecule has 0 radical (unpaired) electrons. The lowest BCUT2D eigenvalue weighted by molar-refractivity contribution is -0.121. The van der Waals surface area contributed by atoms with E-state index in [0.29, 0.717) is 15.1 Å². The molecule has 0 fully saturated rings. The number of benzene rings is 2. The Hall–Kier alpha value is -1.89. The summed E-state index contributed by atoms with van der Waals surface area (Å²) in [6, 6.07) is 14.3. The molecule has 0 saturated carbocycles. The van der Waals surface area contributed by atoms with Crippen molar-refractivity contribution < 1.29 is 9.59 Å². The van der Waals surface area contributed by atoms with E-state index in [1.54, 1.807) is 30.3 Å². The van der Waals surface area contributed by atoms with E-state index < -0.39 is 0 Å². The van der Waals surface area contributed by atoms with Gasteiger partial charge in [-0.2, -0.15) is 0 Å². The van der Waals surface area contributed by atoms with Crippen LogP contribution >= 0.6 is 27.5 Å². The molecule has 2 rings (SSSR count). The number of hydrogen-bond acceptors (Lipinski definition) is 3. The summed E-state index contributed by atoms with van der Waals surface area (Å²) in [5, 5.41) is 3.74. The van der Waals surface area contributed by atoms with Crippen LogP contribution < -0.4 is 16.2 Å². The van der Waals surface area contributed by atoms with Crippen LogP contribution in [0.3, 0.4) is 0 Å². The fraction of sp³-hybridized carbons (Fsp3) is 0.176. The molecule has 0 unspecified atom stereocenters. The maximum absolute atomic E-state index is 12.0. The first-order valence-corrected chi connectivity index (χ1v) is 8.47. The minimum absolute atomic E-state index is 0.0213. The van der Waals surface area contributed by atoms with E-state index in [1.165, 1.54) is 0 Å². The maximum atomic E-state index is 12.0. The van der Waals surface area contributed by atoms with Crippen molar-refractivity contribution in [3.8, 4) is 0 Å². The van der Waals surface area contributed by atoms with Crippen molar-refractivity contribution in [2.24, 2.45) is 0 Å². The van der Waals surface area contributed by atoms with Gasteiger partial charge in [-0.3, -0.25) is 20.4 Å². The summed E-state index contributed by atoms with van der Waals surface area (Å²) < 4.78 is 0.659. The molecule has 0 aliphatic heterocycles. The van der Waals surface area contributed by atoms with Gasteiger partial charge in [0.05, 0.1) is 12.1 Å². The number of hydrogen-bond donors (Lipinski definition) is 3. The fourth-order valence-corrected chi connectivity index (χ4v) is 2.59. The van der Waals surface area contributed by atoms with Crippen LogP contribution in [0.15, 0.2) is 53.0 Å². The van der Waals surface area contributed by atoms with Crippen LogP contribution in [0.4, 0.5) is 0 Å². The Labute approximate surface area is 153 Å². The Balaban J connectivity index is 1.78. The van der Waals surface area contributed by atoms with E-state index in [9.17, 15) is 9.59 Å². The monoisotopic (exact) mass is 409 g/mol. The molecule has 5 nitrogen and oxygen atoms in total. The number of carbonyl (C=O) groups excluding carboxylic acids is 2. The summed E-state index contributed by atoms with van der Waals surface area (Å²) >= 11 is 9.14. The maximum Gasteiger partial charge on any atom is 0.270 e. The van der Waals surface area contributed by atoms with Gasteiger partial charge in [-0.15, -0.1) is 0 Å².